The zero-order valence-electron chi connectivity index (χ0n) is 15.1. The van der Waals surface area contributed by atoms with Gasteiger partial charge in [0.1, 0.15) is 18.1 Å². The molecule has 0 spiro atoms. The van der Waals surface area contributed by atoms with Gasteiger partial charge in [0.25, 0.3) is 0 Å². The molecule has 1 aromatic heterocycles. The molecule has 3 aromatic rings. The van der Waals surface area contributed by atoms with Crippen LogP contribution in [0.1, 0.15) is 13.8 Å². The van der Waals surface area contributed by atoms with Gasteiger partial charge < -0.3 is 10.1 Å². The highest BCUT2D eigenvalue weighted by molar-refractivity contribution is 5.90. The first-order valence-corrected chi connectivity index (χ1v) is 8.56. The van der Waals surface area contributed by atoms with Crippen molar-refractivity contribution in [2.75, 3.05) is 11.9 Å². The molecule has 0 saturated heterocycles. The Kier molecular flexibility index (Phi) is 5.75. The molecule has 3 rings (SSSR count). The van der Waals surface area contributed by atoms with Crippen LogP contribution in [0.2, 0.25) is 0 Å². The van der Waals surface area contributed by atoms with Gasteiger partial charge in [-0.05, 0) is 59.7 Å². The van der Waals surface area contributed by atoms with E-state index in [4.69, 9.17) is 4.74 Å². The third kappa shape index (κ3) is 5.34. The summed E-state index contributed by atoms with van der Waals surface area (Å²) in [5.74, 6) is 0.949. The van der Waals surface area contributed by atoms with E-state index in [9.17, 15) is 9.18 Å². The highest BCUT2D eigenvalue weighted by Crippen LogP contribution is 2.19. The van der Waals surface area contributed by atoms with Crippen LogP contribution in [0, 0.1) is 11.7 Å². The number of nitrogens with zero attached hydrogens (tertiary/aromatic N) is 4. The maximum Gasteiger partial charge on any atom is 0.248 e. The molecule has 1 heterocycles. The minimum atomic E-state index is -0.365. The van der Waals surface area contributed by atoms with Gasteiger partial charge in [-0.2, -0.15) is 4.80 Å². The van der Waals surface area contributed by atoms with Gasteiger partial charge in [0.15, 0.2) is 0 Å². The number of aromatic nitrogens is 4. The molecule has 2 aromatic carbocycles. The number of hydrogen-bond acceptors (Lipinski definition) is 5. The van der Waals surface area contributed by atoms with Gasteiger partial charge in [-0.15, -0.1) is 10.2 Å². The van der Waals surface area contributed by atoms with Crippen molar-refractivity contribution in [2.24, 2.45) is 5.92 Å². The summed E-state index contributed by atoms with van der Waals surface area (Å²) in [6.07, 6.45) is 0. The van der Waals surface area contributed by atoms with Crippen LogP contribution in [0.15, 0.2) is 48.5 Å². The topological polar surface area (TPSA) is 81.9 Å². The van der Waals surface area contributed by atoms with E-state index >= 15 is 0 Å². The standard InChI is InChI=1S/C19H20FN5O2/c1-13(2)12-27-17-9-3-14(4-10-17)19-22-24-25(23-19)11-18(26)21-16-7-5-15(20)6-8-16/h3-10,13H,11-12H2,1-2H3,(H,21,26). The Hall–Kier alpha value is -3.29. The minimum Gasteiger partial charge on any atom is -0.493 e. The van der Waals surface area contributed by atoms with Crippen molar-refractivity contribution in [3.05, 3.63) is 54.3 Å². The van der Waals surface area contributed by atoms with Gasteiger partial charge >= 0.3 is 0 Å². The van der Waals surface area contributed by atoms with Crippen molar-refractivity contribution in [2.45, 2.75) is 20.4 Å². The lowest BCUT2D eigenvalue weighted by molar-refractivity contribution is -0.117. The number of nitrogens with one attached hydrogen (secondary N) is 1. The second kappa shape index (κ2) is 8.39. The largest absolute Gasteiger partial charge is 0.493 e. The van der Waals surface area contributed by atoms with Crippen molar-refractivity contribution in [3.8, 4) is 17.1 Å². The third-order valence-corrected chi connectivity index (χ3v) is 3.56. The molecule has 27 heavy (non-hydrogen) atoms. The van der Waals surface area contributed by atoms with E-state index < -0.39 is 0 Å². The fourth-order valence-electron chi connectivity index (χ4n) is 2.25. The molecule has 8 heteroatoms. The summed E-state index contributed by atoms with van der Waals surface area (Å²) in [5, 5.41) is 14.7. The molecular weight excluding hydrogens is 349 g/mol. The van der Waals surface area contributed by atoms with E-state index in [1.807, 2.05) is 24.3 Å². The molecule has 0 atom stereocenters. The molecule has 7 nitrogen and oxygen atoms in total. The molecule has 0 saturated carbocycles. The fourth-order valence-corrected chi connectivity index (χ4v) is 2.25. The molecule has 140 valence electrons. The van der Waals surface area contributed by atoms with Gasteiger partial charge in [0.05, 0.1) is 6.61 Å². The van der Waals surface area contributed by atoms with E-state index in [0.29, 0.717) is 24.0 Å². The SMILES string of the molecule is CC(C)COc1ccc(-c2nnn(CC(=O)Nc3ccc(F)cc3)n2)cc1. The smallest absolute Gasteiger partial charge is 0.248 e. The Morgan fingerprint density at radius 3 is 2.52 bits per heavy atom. The second-order valence-corrected chi connectivity index (χ2v) is 6.43. The molecule has 1 amide bonds. The van der Waals surface area contributed by atoms with Crippen LogP contribution in [0.3, 0.4) is 0 Å². The van der Waals surface area contributed by atoms with Crippen molar-refractivity contribution >= 4 is 11.6 Å². The quantitative estimate of drug-likeness (QED) is 0.692. The number of tetrazole rings is 1. The predicted molar refractivity (Wildman–Crippen MR) is 98.6 cm³/mol. The zero-order valence-corrected chi connectivity index (χ0v) is 15.1. The van der Waals surface area contributed by atoms with Gasteiger partial charge in [-0.1, -0.05) is 13.8 Å². The number of carbonyl (C=O) groups excluding carboxylic acids is 1. The first-order chi connectivity index (χ1) is 13.0. The van der Waals surface area contributed by atoms with Crippen molar-refractivity contribution in [1.29, 1.82) is 0 Å². The number of rotatable bonds is 7. The molecule has 0 aliphatic rings. The Bertz CT molecular complexity index is 891. The average Bonchev–Trinajstić information content (AvgIpc) is 3.10. The highest BCUT2D eigenvalue weighted by Gasteiger charge is 2.10. The molecule has 0 bridgehead atoms. The summed E-state index contributed by atoms with van der Waals surface area (Å²) in [7, 11) is 0. The number of anilines is 1. The molecular formula is C19H20FN5O2. The minimum absolute atomic E-state index is 0.0973. The van der Waals surface area contributed by atoms with E-state index in [-0.39, 0.29) is 18.3 Å². The molecule has 1 N–H and O–H groups in total. The van der Waals surface area contributed by atoms with Crippen LogP contribution in [-0.2, 0) is 11.3 Å². The molecule has 0 unspecified atom stereocenters. The Balaban J connectivity index is 1.59. The molecule has 0 aliphatic carbocycles. The number of halogens is 1. The fraction of sp³-hybridized carbons (Fsp3) is 0.263. The lowest BCUT2D eigenvalue weighted by Gasteiger charge is -2.08. The number of carbonyl (C=O) groups is 1. The summed E-state index contributed by atoms with van der Waals surface area (Å²) in [6.45, 7) is 4.72. The lowest BCUT2D eigenvalue weighted by atomic mass is 10.2. The first-order valence-electron chi connectivity index (χ1n) is 8.56. The summed E-state index contributed by atoms with van der Waals surface area (Å²) in [6, 6.07) is 12.9. The van der Waals surface area contributed by atoms with E-state index in [1.54, 1.807) is 0 Å². The van der Waals surface area contributed by atoms with Crippen LogP contribution in [0.4, 0.5) is 10.1 Å². The summed E-state index contributed by atoms with van der Waals surface area (Å²) < 4.78 is 18.5. The summed E-state index contributed by atoms with van der Waals surface area (Å²) in [5.41, 5.74) is 1.27. The van der Waals surface area contributed by atoms with E-state index in [0.717, 1.165) is 11.3 Å². The number of ether oxygens (including phenoxy) is 1. The van der Waals surface area contributed by atoms with E-state index in [2.05, 4.69) is 34.6 Å². The Labute approximate surface area is 156 Å². The van der Waals surface area contributed by atoms with Crippen LogP contribution >= 0.6 is 0 Å². The second-order valence-electron chi connectivity index (χ2n) is 6.43. The summed E-state index contributed by atoms with van der Waals surface area (Å²) >= 11 is 0. The average molecular weight is 369 g/mol. The van der Waals surface area contributed by atoms with Crippen molar-refractivity contribution in [3.63, 3.8) is 0 Å². The van der Waals surface area contributed by atoms with Gasteiger partial charge in [0, 0.05) is 11.3 Å². The highest BCUT2D eigenvalue weighted by atomic mass is 19.1. The number of amides is 1. The van der Waals surface area contributed by atoms with Crippen LogP contribution in [0.25, 0.3) is 11.4 Å². The Morgan fingerprint density at radius 1 is 1.15 bits per heavy atom. The molecule has 0 aliphatic heterocycles. The monoisotopic (exact) mass is 369 g/mol. The lowest BCUT2D eigenvalue weighted by Crippen LogP contribution is -2.20. The third-order valence-electron chi connectivity index (χ3n) is 3.56. The van der Waals surface area contributed by atoms with Crippen molar-refractivity contribution in [1.82, 2.24) is 20.2 Å². The zero-order chi connectivity index (χ0) is 19.2. The maximum atomic E-state index is 12.9. The van der Waals surface area contributed by atoms with Gasteiger partial charge in [-0.3, -0.25) is 4.79 Å². The predicted octanol–water partition coefficient (Wildman–Crippen LogP) is 3.15. The summed E-state index contributed by atoms with van der Waals surface area (Å²) in [4.78, 5) is 13.2. The first kappa shape index (κ1) is 18.5. The number of hydrogen-bond donors (Lipinski definition) is 1. The maximum absolute atomic E-state index is 12.9. The number of benzene rings is 2. The molecule has 0 radical (unpaired) electrons. The normalized spacial score (nSPS) is 10.8. The van der Waals surface area contributed by atoms with Gasteiger partial charge in [0.2, 0.25) is 11.7 Å². The van der Waals surface area contributed by atoms with E-state index in [1.165, 1.54) is 29.1 Å². The van der Waals surface area contributed by atoms with Crippen molar-refractivity contribution < 1.29 is 13.9 Å². The molecule has 0 fully saturated rings. The van der Waals surface area contributed by atoms with Crippen LogP contribution < -0.4 is 10.1 Å². The van der Waals surface area contributed by atoms with Gasteiger partial charge in [-0.25, -0.2) is 4.39 Å². The van der Waals surface area contributed by atoms with Crippen LogP contribution in [0.5, 0.6) is 5.75 Å². The van der Waals surface area contributed by atoms with Crippen LogP contribution in [-0.4, -0.2) is 32.7 Å². The Morgan fingerprint density at radius 2 is 1.85 bits per heavy atom.